The summed E-state index contributed by atoms with van der Waals surface area (Å²) in [4.78, 5) is 13.7. The Morgan fingerprint density at radius 1 is 1.24 bits per heavy atom. The second-order valence-corrected chi connectivity index (χ2v) is 8.82. The summed E-state index contributed by atoms with van der Waals surface area (Å²) in [5.74, 6) is -0.0444. The van der Waals surface area contributed by atoms with E-state index < -0.39 is 15.8 Å². The molecule has 3 unspecified atom stereocenters. The van der Waals surface area contributed by atoms with Gasteiger partial charge in [0.05, 0.1) is 17.4 Å². The fourth-order valence-electron chi connectivity index (χ4n) is 3.88. The average Bonchev–Trinajstić information content (AvgIpc) is 2.60. The van der Waals surface area contributed by atoms with Gasteiger partial charge in [-0.1, -0.05) is 19.8 Å². The zero-order valence-corrected chi connectivity index (χ0v) is 13.6. The smallest absolute Gasteiger partial charge is 0.308 e. The summed E-state index contributed by atoms with van der Waals surface area (Å²) in [6, 6.07) is 0.0149. The number of carbonyl (C=O) groups is 1. The van der Waals surface area contributed by atoms with Crippen LogP contribution in [0.5, 0.6) is 0 Å². The Kier molecular flexibility index (Phi) is 5.66. The van der Waals surface area contributed by atoms with Crippen LogP contribution in [-0.2, 0) is 14.6 Å². The Morgan fingerprint density at radius 3 is 2.67 bits per heavy atom. The lowest BCUT2D eigenvalue weighted by Gasteiger charge is -2.40. The molecule has 3 atom stereocenters. The molecule has 0 aromatic carbocycles. The first kappa shape index (κ1) is 16.7. The van der Waals surface area contributed by atoms with Crippen LogP contribution in [0.25, 0.3) is 0 Å². The molecule has 1 saturated heterocycles. The highest BCUT2D eigenvalue weighted by Crippen LogP contribution is 2.35. The van der Waals surface area contributed by atoms with Gasteiger partial charge in [0.25, 0.3) is 0 Å². The van der Waals surface area contributed by atoms with Crippen molar-refractivity contribution in [2.75, 3.05) is 24.6 Å². The molecule has 1 aliphatic heterocycles. The molecule has 21 heavy (non-hydrogen) atoms. The van der Waals surface area contributed by atoms with Gasteiger partial charge in [0, 0.05) is 12.6 Å². The molecule has 2 fully saturated rings. The number of sulfone groups is 1. The van der Waals surface area contributed by atoms with E-state index in [4.69, 9.17) is 0 Å². The zero-order chi connectivity index (χ0) is 15.5. The van der Waals surface area contributed by atoms with E-state index in [0.717, 1.165) is 32.1 Å². The molecule has 2 rings (SSSR count). The van der Waals surface area contributed by atoms with Crippen LogP contribution in [0.15, 0.2) is 0 Å². The lowest BCUT2D eigenvalue weighted by atomic mass is 9.76. The Hall–Kier alpha value is -0.620. The number of hydrogen-bond donors (Lipinski definition) is 1. The quantitative estimate of drug-likeness (QED) is 0.855. The van der Waals surface area contributed by atoms with Crippen LogP contribution in [0.3, 0.4) is 0 Å². The van der Waals surface area contributed by atoms with Gasteiger partial charge in [-0.25, -0.2) is 8.42 Å². The Balaban J connectivity index is 2.09. The summed E-state index contributed by atoms with van der Waals surface area (Å²) < 4.78 is 23.5. The van der Waals surface area contributed by atoms with E-state index in [1.165, 1.54) is 0 Å². The maximum absolute atomic E-state index is 11.7. The lowest BCUT2D eigenvalue weighted by molar-refractivity contribution is -0.146. The van der Waals surface area contributed by atoms with E-state index in [9.17, 15) is 18.3 Å². The van der Waals surface area contributed by atoms with Gasteiger partial charge < -0.3 is 5.11 Å². The van der Waals surface area contributed by atoms with Crippen LogP contribution in [-0.4, -0.2) is 55.0 Å². The third-order valence-electron chi connectivity index (χ3n) is 5.00. The van der Waals surface area contributed by atoms with Gasteiger partial charge in [0.15, 0.2) is 9.84 Å². The Morgan fingerprint density at radius 2 is 2.00 bits per heavy atom. The highest BCUT2D eigenvalue weighted by Gasteiger charge is 2.38. The van der Waals surface area contributed by atoms with E-state index in [1.807, 2.05) is 0 Å². The summed E-state index contributed by atoms with van der Waals surface area (Å²) in [6.07, 6.45) is 5.54. The van der Waals surface area contributed by atoms with Crippen LogP contribution in [0, 0.1) is 11.8 Å². The molecule has 0 aromatic rings. The fourth-order valence-corrected chi connectivity index (χ4v) is 5.17. The van der Waals surface area contributed by atoms with E-state index >= 15 is 0 Å². The van der Waals surface area contributed by atoms with Crippen molar-refractivity contribution in [1.29, 1.82) is 0 Å². The third kappa shape index (κ3) is 4.42. The molecule has 1 N–H and O–H groups in total. The maximum Gasteiger partial charge on any atom is 0.308 e. The van der Waals surface area contributed by atoms with Crippen molar-refractivity contribution in [1.82, 2.24) is 4.90 Å². The van der Waals surface area contributed by atoms with Crippen molar-refractivity contribution in [2.24, 2.45) is 11.8 Å². The van der Waals surface area contributed by atoms with E-state index in [1.54, 1.807) is 0 Å². The van der Waals surface area contributed by atoms with E-state index in [2.05, 4.69) is 11.8 Å². The monoisotopic (exact) mass is 317 g/mol. The topological polar surface area (TPSA) is 74.7 Å². The number of aliphatic carboxylic acids is 1. The standard InChI is InChI=1S/C15H27NO4S/c1-2-4-12-5-6-13(15(17)18)14(11-12)16-7-3-9-21(19,20)10-8-16/h12-14H,2-11H2,1H3,(H,17,18). The van der Waals surface area contributed by atoms with Gasteiger partial charge in [-0.3, -0.25) is 9.69 Å². The number of carboxylic acids is 1. The molecule has 0 bridgehead atoms. The first-order chi connectivity index (χ1) is 9.93. The SMILES string of the molecule is CCCC1CCC(C(=O)O)C(N2CCCS(=O)(=O)CC2)C1. The third-order valence-corrected chi connectivity index (χ3v) is 6.71. The molecule has 122 valence electrons. The van der Waals surface area contributed by atoms with Crippen LogP contribution in [0.2, 0.25) is 0 Å². The molecule has 0 spiro atoms. The molecular weight excluding hydrogens is 290 g/mol. The molecule has 0 radical (unpaired) electrons. The second kappa shape index (κ2) is 7.09. The normalized spacial score (nSPS) is 34.2. The first-order valence-electron chi connectivity index (χ1n) is 8.10. The molecular formula is C15H27NO4S. The lowest BCUT2D eigenvalue weighted by Crippen LogP contribution is -2.48. The van der Waals surface area contributed by atoms with Gasteiger partial charge in [0.1, 0.15) is 0 Å². The van der Waals surface area contributed by atoms with Crippen LogP contribution < -0.4 is 0 Å². The van der Waals surface area contributed by atoms with Gasteiger partial charge >= 0.3 is 5.97 Å². The molecule has 1 aliphatic carbocycles. The van der Waals surface area contributed by atoms with Gasteiger partial charge in [-0.15, -0.1) is 0 Å². The first-order valence-corrected chi connectivity index (χ1v) is 9.92. The van der Waals surface area contributed by atoms with E-state index in [0.29, 0.717) is 25.4 Å². The molecule has 1 saturated carbocycles. The van der Waals surface area contributed by atoms with Gasteiger partial charge in [0.2, 0.25) is 0 Å². The Bertz CT molecular complexity index is 462. The molecule has 0 amide bonds. The van der Waals surface area contributed by atoms with Gasteiger partial charge in [-0.05, 0) is 38.1 Å². The number of rotatable bonds is 4. The molecule has 2 aliphatic rings. The zero-order valence-electron chi connectivity index (χ0n) is 12.8. The van der Waals surface area contributed by atoms with Crippen molar-refractivity contribution >= 4 is 15.8 Å². The second-order valence-electron chi connectivity index (χ2n) is 6.52. The fraction of sp³-hybridized carbons (Fsp3) is 0.933. The molecule has 0 aromatic heterocycles. The highest BCUT2D eigenvalue weighted by molar-refractivity contribution is 7.91. The molecule has 5 nitrogen and oxygen atoms in total. The highest BCUT2D eigenvalue weighted by atomic mass is 32.2. The summed E-state index contributed by atoms with van der Waals surface area (Å²) in [7, 11) is -2.94. The summed E-state index contributed by atoms with van der Waals surface area (Å²) in [5, 5.41) is 9.48. The summed E-state index contributed by atoms with van der Waals surface area (Å²) >= 11 is 0. The number of hydrogen-bond acceptors (Lipinski definition) is 4. The van der Waals surface area contributed by atoms with Crippen molar-refractivity contribution < 1.29 is 18.3 Å². The number of carboxylic acid groups (broad SMARTS) is 1. The van der Waals surface area contributed by atoms with Crippen molar-refractivity contribution in [3.8, 4) is 0 Å². The van der Waals surface area contributed by atoms with Crippen LogP contribution in [0.1, 0.15) is 45.4 Å². The van der Waals surface area contributed by atoms with E-state index in [-0.39, 0.29) is 23.5 Å². The predicted octanol–water partition coefficient (Wildman–Crippen LogP) is 1.78. The van der Waals surface area contributed by atoms with Crippen molar-refractivity contribution in [3.05, 3.63) is 0 Å². The number of nitrogens with zero attached hydrogens (tertiary/aromatic N) is 1. The van der Waals surface area contributed by atoms with Crippen molar-refractivity contribution in [3.63, 3.8) is 0 Å². The minimum atomic E-state index is -2.94. The minimum absolute atomic E-state index is 0.0149. The average molecular weight is 317 g/mol. The van der Waals surface area contributed by atoms with Crippen LogP contribution >= 0.6 is 0 Å². The minimum Gasteiger partial charge on any atom is -0.481 e. The van der Waals surface area contributed by atoms with Crippen molar-refractivity contribution in [2.45, 2.75) is 51.5 Å². The molecule has 1 heterocycles. The summed E-state index contributed by atoms with van der Waals surface area (Å²) in [5.41, 5.74) is 0. The van der Waals surface area contributed by atoms with Gasteiger partial charge in [-0.2, -0.15) is 0 Å². The summed E-state index contributed by atoms with van der Waals surface area (Å²) in [6.45, 7) is 3.37. The largest absolute Gasteiger partial charge is 0.481 e. The van der Waals surface area contributed by atoms with Crippen LogP contribution in [0.4, 0.5) is 0 Å². The predicted molar refractivity (Wildman–Crippen MR) is 82.0 cm³/mol. The Labute approximate surface area is 127 Å². The molecule has 6 heteroatoms. The maximum atomic E-state index is 11.7.